The Morgan fingerprint density at radius 1 is 1.50 bits per heavy atom. The van der Waals surface area contributed by atoms with Gasteiger partial charge in [-0.3, -0.25) is 0 Å². The molecule has 0 bridgehead atoms. The summed E-state index contributed by atoms with van der Waals surface area (Å²) < 4.78 is 0. The molecule has 0 saturated carbocycles. The number of aromatic carboxylic acids is 1. The Bertz CT molecular complexity index is 483. The van der Waals surface area contributed by atoms with Gasteiger partial charge in [0.05, 0.1) is 5.56 Å². The summed E-state index contributed by atoms with van der Waals surface area (Å²) in [7, 11) is 1.65. The number of nitrogens with zero attached hydrogens (tertiary/aromatic N) is 1. The van der Waals surface area contributed by atoms with Crippen molar-refractivity contribution < 1.29 is 14.7 Å². The lowest BCUT2D eigenvalue weighted by Crippen LogP contribution is -2.31. The number of amides is 2. The molecule has 0 atom stereocenters. The zero-order chi connectivity index (χ0) is 13.7. The number of benzene rings is 1. The SMILES string of the molecule is C=CCN(C)C(=O)Nc1ccc(C(=O)O)c(C)c1. The number of urea groups is 1. The molecular weight excluding hydrogens is 232 g/mol. The molecule has 1 aromatic carbocycles. The molecule has 2 N–H and O–H groups in total. The first-order chi connectivity index (χ1) is 8.45. The Kier molecular flexibility index (Phi) is 4.48. The topological polar surface area (TPSA) is 69.6 Å². The summed E-state index contributed by atoms with van der Waals surface area (Å²) in [5.41, 5.74) is 1.40. The zero-order valence-electron chi connectivity index (χ0n) is 10.4. The summed E-state index contributed by atoms with van der Waals surface area (Å²) >= 11 is 0. The Hall–Kier alpha value is -2.30. The smallest absolute Gasteiger partial charge is 0.335 e. The number of hydrogen-bond donors (Lipinski definition) is 2. The maximum Gasteiger partial charge on any atom is 0.335 e. The summed E-state index contributed by atoms with van der Waals surface area (Å²) in [6.07, 6.45) is 1.62. The highest BCUT2D eigenvalue weighted by Crippen LogP contribution is 2.15. The number of nitrogens with one attached hydrogen (secondary N) is 1. The number of likely N-dealkylation sites (N-methyl/N-ethyl adjacent to an activating group) is 1. The van der Waals surface area contributed by atoms with Gasteiger partial charge in [-0.15, -0.1) is 6.58 Å². The summed E-state index contributed by atoms with van der Waals surface area (Å²) in [6.45, 7) is 5.68. The van der Waals surface area contributed by atoms with E-state index < -0.39 is 5.97 Å². The molecule has 96 valence electrons. The van der Waals surface area contributed by atoms with Crippen LogP contribution < -0.4 is 5.32 Å². The van der Waals surface area contributed by atoms with Gasteiger partial charge in [-0.25, -0.2) is 9.59 Å². The molecule has 0 unspecified atom stereocenters. The standard InChI is InChI=1S/C13H16N2O3/c1-4-7-15(3)13(18)14-10-5-6-11(12(16)17)9(2)8-10/h4-6,8H,1,7H2,2-3H3,(H,14,18)(H,16,17). The Balaban J connectivity index is 2.80. The molecule has 0 aromatic heterocycles. The number of carbonyl (C=O) groups is 2. The second-order valence-corrected chi connectivity index (χ2v) is 3.93. The lowest BCUT2D eigenvalue weighted by Gasteiger charge is -2.16. The minimum Gasteiger partial charge on any atom is -0.478 e. The van der Waals surface area contributed by atoms with Gasteiger partial charge in [-0.2, -0.15) is 0 Å². The minimum atomic E-state index is -0.978. The maximum atomic E-state index is 11.7. The van der Waals surface area contributed by atoms with Crippen molar-refractivity contribution in [1.82, 2.24) is 4.90 Å². The largest absolute Gasteiger partial charge is 0.478 e. The van der Waals surface area contributed by atoms with Gasteiger partial charge in [0.25, 0.3) is 0 Å². The first kappa shape index (κ1) is 13.8. The molecule has 0 spiro atoms. The zero-order valence-corrected chi connectivity index (χ0v) is 10.4. The van der Waals surface area contributed by atoms with Crippen molar-refractivity contribution in [2.45, 2.75) is 6.92 Å². The third kappa shape index (κ3) is 3.35. The van der Waals surface area contributed by atoms with E-state index in [9.17, 15) is 9.59 Å². The molecule has 18 heavy (non-hydrogen) atoms. The molecule has 0 saturated heterocycles. The van der Waals surface area contributed by atoms with Crippen LogP contribution in [0.5, 0.6) is 0 Å². The predicted molar refractivity (Wildman–Crippen MR) is 70.0 cm³/mol. The van der Waals surface area contributed by atoms with Gasteiger partial charge in [-0.1, -0.05) is 6.08 Å². The van der Waals surface area contributed by atoms with Crippen LogP contribution in [0.2, 0.25) is 0 Å². The number of hydrogen-bond acceptors (Lipinski definition) is 2. The third-order valence-corrected chi connectivity index (χ3v) is 2.46. The van der Waals surface area contributed by atoms with Crippen LogP contribution >= 0.6 is 0 Å². The van der Waals surface area contributed by atoms with Crippen molar-refractivity contribution in [3.63, 3.8) is 0 Å². The first-order valence-corrected chi connectivity index (χ1v) is 5.42. The quantitative estimate of drug-likeness (QED) is 0.803. The Morgan fingerprint density at radius 3 is 2.67 bits per heavy atom. The Morgan fingerprint density at radius 2 is 2.17 bits per heavy atom. The molecular formula is C13H16N2O3. The third-order valence-electron chi connectivity index (χ3n) is 2.46. The number of rotatable bonds is 4. The number of carbonyl (C=O) groups excluding carboxylic acids is 1. The first-order valence-electron chi connectivity index (χ1n) is 5.42. The van der Waals surface area contributed by atoms with Crippen LogP contribution in [0, 0.1) is 6.92 Å². The second kappa shape index (κ2) is 5.86. The number of carboxylic acids is 1. The highest BCUT2D eigenvalue weighted by Gasteiger charge is 2.10. The van der Waals surface area contributed by atoms with Crippen LogP contribution in [-0.2, 0) is 0 Å². The summed E-state index contributed by atoms with van der Waals surface area (Å²) in [5, 5.41) is 11.6. The van der Waals surface area contributed by atoms with Gasteiger partial charge in [0.2, 0.25) is 0 Å². The maximum absolute atomic E-state index is 11.7. The van der Waals surface area contributed by atoms with E-state index in [1.165, 1.54) is 11.0 Å². The van der Waals surface area contributed by atoms with E-state index in [0.717, 1.165) is 0 Å². The number of carboxylic acid groups (broad SMARTS) is 1. The molecule has 5 heteroatoms. The van der Waals surface area contributed by atoms with Crippen molar-refractivity contribution in [3.8, 4) is 0 Å². The second-order valence-electron chi connectivity index (χ2n) is 3.93. The van der Waals surface area contributed by atoms with Gasteiger partial charge >= 0.3 is 12.0 Å². The van der Waals surface area contributed by atoms with Gasteiger partial charge in [0, 0.05) is 19.3 Å². The average molecular weight is 248 g/mol. The molecule has 1 aromatic rings. The highest BCUT2D eigenvalue weighted by atomic mass is 16.4. The van der Waals surface area contributed by atoms with Gasteiger partial charge in [0.15, 0.2) is 0 Å². The molecule has 0 aliphatic carbocycles. The summed E-state index contributed by atoms with van der Waals surface area (Å²) in [5.74, 6) is -0.978. The van der Waals surface area contributed by atoms with Gasteiger partial charge < -0.3 is 15.3 Å². The van der Waals surface area contributed by atoms with E-state index in [2.05, 4.69) is 11.9 Å². The van der Waals surface area contributed by atoms with E-state index in [-0.39, 0.29) is 11.6 Å². The Labute approximate surface area is 106 Å². The van der Waals surface area contributed by atoms with Crippen LogP contribution in [0.4, 0.5) is 10.5 Å². The number of anilines is 1. The van der Waals surface area contributed by atoms with Gasteiger partial charge in [-0.05, 0) is 30.7 Å². The molecule has 5 nitrogen and oxygen atoms in total. The van der Waals surface area contributed by atoms with E-state index >= 15 is 0 Å². The van der Waals surface area contributed by atoms with E-state index in [1.807, 2.05) is 0 Å². The van der Waals surface area contributed by atoms with E-state index in [0.29, 0.717) is 17.8 Å². The normalized spacial score (nSPS) is 9.67. The molecule has 0 aliphatic heterocycles. The fraction of sp³-hybridized carbons (Fsp3) is 0.231. The van der Waals surface area contributed by atoms with Gasteiger partial charge in [0.1, 0.15) is 0 Å². The minimum absolute atomic E-state index is 0.229. The molecule has 0 aliphatic rings. The molecule has 0 radical (unpaired) electrons. The van der Waals surface area contributed by atoms with Crippen molar-refractivity contribution in [1.29, 1.82) is 0 Å². The summed E-state index contributed by atoms with van der Waals surface area (Å²) in [4.78, 5) is 24.0. The van der Waals surface area contributed by atoms with Crippen LogP contribution in [0.15, 0.2) is 30.9 Å². The van der Waals surface area contributed by atoms with Crippen LogP contribution in [-0.4, -0.2) is 35.6 Å². The van der Waals surface area contributed by atoms with Crippen molar-refractivity contribution in [3.05, 3.63) is 42.0 Å². The monoisotopic (exact) mass is 248 g/mol. The molecule has 0 fully saturated rings. The van der Waals surface area contributed by atoms with Crippen molar-refractivity contribution >= 4 is 17.7 Å². The fourth-order valence-electron chi connectivity index (χ4n) is 1.48. The van der Waals surface area contributed by atoms with E-state index in [4.69, 9.17) is 5.11 Å². The van der Waals surface area contributed by atoms with Crippen LogP contribution in [0.1, 0.15) is 15.9 Å². The highest BCUT2D eigenvalue weighted by molar-refractivity contribution is 5.92. The predicted octanol–water partition coefficient (Wildman–Crippen LogP) is 2.34. The lowest BCUT2D eigenvalue weighted by atomic mass is 10.1. The lowest BCUT2D eigenvalue weighted by molar-refractivity contribution is 0.0696. The van der Waals surface area contributed by atoms with Crippen molar-refractivity contribution in [2.75, 3.05) is 18.9 Å². The molecule has 1 rings (SSSR count). The average Bonchev–Trinajstić information content (AvgIpc) is 2.28. The van der Waals surface area contributed by atoms with Crippen LogP contribution in [0.3, 0.4) is 0 Å². The van der Waals surface area contributed by atoms with Crippen LogP contribution in [0.25, 0.3) is 0 Å². The molecule has 0 heterocycles. The van der Waals surface area contributed by atoms with Crippen molar-refractivity contribution in [2.24, 2.45) is 0 Å². The molecule has 2 amide bonds. The number of aryl methyl sites for hydroxylation is 1. The van der Waals surface area contributed by atoms with E-state index in [1.54, 1.807) is 32.2 Å². The summed E-state index contributed by atoms with van der Waals surface area (Å²) in [6, 6.07) is 4.40. The fourth-order valence-corrected chi connectivity index (χ4v) is 1.48.